The quantitative estimate of drug-likeness (QED) is 0.917. The van der Waals surface area contributed by atoms with Crippen molar-refractivity contribution in [1.82, 2.24) is 4.90 Å². The van der Waals surface area contributed by atoms with Gasteiger partial charge in [-0.2, -0.15) is 0 Å². The van der Waals surface area contributed by atoms with Crippen LogP contribution in [0.15, 0.2) is 10.5 Å². The van der Waals surface area contributed by atoms with Crippen LogP contribution in [0.2, 0.25) is 0 Å². The smallest absolute Gasteiger partial charge is 0.311 e. The summed E-state index contributed by atoms with van der Waals surface area (Å²) in [5.74, 6) is -0.0371. The van der Waals surface area contributed by atoms with Gasteiger partial charge in [0, 0.05) is 32.0 Å². The average molecular weight is 321 g/mol. The molecule has 0 bridgehead atoms. The first-order valence-electron chi connectivity index (χ1n) is 8.23. The van der Waals surface area contributed by atoms with Crippen LogP contribution in [0.5, 0.6) is 0 Å². The zero-order chi connectivity index (χ0) is 16.6. The number of fused-ring (bicyclic) bond motifs is 1. The zero-order valence-corrected chi connectivity index (χ0v) is 13.6. The highest BCUT2D eigenvalue weighted by atomic mass is 16.5. The molecule has 2 aliphatic heterocycles. The maximum atomic E-state index is 12.8. The molecule has 23 heavy (non-hydrogen) atoms. The third-order valence-electron chi connectivity index (χ3n) is 5.23. The minimum atomic E-state index is -0.873. The van der Waals surface area contributed by atoms with Gasteiger partial charge in [-0.25, -0.2) is 0 Å². The lowest BCUT2D eigenvalue weighted by Gasteiger charge is -2.33. The fourth-order valence-electron chi connectivity index (χ4n) is 3.78. The van der Waals surface area contributed by atoms with Crippen molar-refractivity contribution >= 4 is 11.9 Å². The number of ether oxygens (including phenoxy) is 1. The molecule has 0 spiro atoms. The summed E-state index contributed by atoms with van der Waals surface area (Å²) < 4.78 is 11.1. The number of carboxylic acid groups (broad SMARTS) is 1. The Balaban J connectivity index is 1.84. The van der Waals surface area contributed by atoms with E-state index in [0.717, 1.165) is 24.2 Å². The lowest BCUT2D eigenvalue weighted by molar-refractivity contribution is -0.157. The molecule has 126 valence electrons. The summed E-state index contributed by atoms with van der Waals surface area (Å²) in [4.78, 5) is 26.2. The Bertz CT molecular complexity index is 601. The van der Waals surface area contributed by atoms with Crippen LogP contribution in [0.25, 0.3) is 0 Å². The maximum absolute atomic E-state index is 12.8. The molecule has 2 atom stereocenters. The Labute approximate surface area is 135 Å². The van der Waals surface area contributed by atoms with Crippen molar-refractivity contribution in [3.8, 4) is 0 Å². The molecule has 1 aromatic rings. The summed E-state index contributed by atoms with van der Waals surface area (Å²) >= 11 is 0. The van der Waals surface area contributed by atoms with Crippen molar-refractivity contribution in [2.45, 2.75) is 33.1 Å². The van der Waals surface area contributed by atoms with Crippen LogP contribution in [-0.4, -0.2) is 48.2 Å². The number of furan rings is 1. The van der Waals surface area contributed by atoms with Crippen molar-refractivity contribution in [2.75, 3.05) is 26.3 Å². The van der Waals surface area contributed by atoms with Crippen molar-refractivity contribution in [3.05, 3.63) is 23.2 Å². The highest BCUT2D eigenvalue weighted by molar-refractivity contribution is 5.93. The topological polar surface area (TPSA) is 80.0 Å². The minimum absolute atomic E-state index is 0.149. The molecule has 0 aromatic carbocycles. The first kappa shape index (κ1) is 16.1. The minimum Gasteiger partial charge on any atom is -0.481 e. The van der Waals surface area contributed by atoms with Gasteiger partial charge in [0.2, 0.25) is 0 Å². The molecule has 3 heterocycles. The van der Waals surface area contributed by atoms with Crippen molar-refractivity contribution in [1.29, 1.82) is 0 Å². The van der Waals surface area contributed by atoms with Gasteiger partial charge in [0.15, 0.2) is 5.76 Å². The number of carbonyl (C=O) groups excluding carboxylic acids is 1. The van der Waals surface area contributed by atoms with Gasteiger partial charge in [-0.1, -0.05) is 13.8 Å². The number of aliphatic carboxylic acids is 1. The number of carbonyl (C=O) groups is 2. The van der Waals surface area contributed by atoms with Gasteiger partial charge in [-0.05, 0) is 24.5 Å². The molecule has 6 heteroatoms. The standard InChI is InChI=1S/C17H23NO5/c1-3-11-7-14(23-13(11)4-2)15(19)18-8-12-9-22-6-5-17(12,10-18)16(20)21/h7,12H,3-6,8-10H2,1-2H3,(H,20,21)/t12-,17+/m0/s1. The summed E-state index contributed by atoms with van der Waals surface area (Å²) in [5, 5.41) is 9.68. The second-order valence-electron chi connectivity index (χ2n) is 6.43. The molecule has 0 saturated carbocycles. The summed E-state index contributed by atoms with van der Waals surface area (Å²) in [5.41, 5.74) is 0.172. The SMILES string of the molecule is CCc1cc(C(=O)N2C[C@H]3COCC[C@@]3(C(=O)O)C2)oc1CC. The van der Waals surface area contributed by atoms with E-state index in [1.807, 2.05) is 13.8 Å². The molecular weight excluding hydrogens is 298 g/mol. The fourth-order valence-corrected chi connectivity index (χ4v) is 3.78. The van der Waals surface area contributed by atoms with Crippen LogP contribution in [0.3, 0.4) is 0 Å². The lowest BCUT2D eigenvalue weighted by atomic mass is 9.74. The molecule has 2 saturated heterocycles. The van der Waals surface area contributed by atoms with Crippen molar-refractivity contribution in [3.63, 3.8) is 0 Å². The monoisotopic (exact) mass is 321 g/mol. The van der Waals surface area contributed by atoms with Crippen LogP contribution < -0.4 is 0 Å². The van der Waals surface area contributed by atoms with E-state index in [1.54, 1.807) is 11.0 Å². The largest absolute Gasteiger partial charge is 0.481 e. The molecule has 0 radical (unpaired) electrons. The van der Waals surface area contributed by atoms with Gasteiger partial charge in [-0.15, -0.1) is 0 Å². The van der Waals surface area contributed by atoms with E-state index in [2.05, 4.69) is 0 Å². The zero-order valence-electron chi connectivity index (χ0n) is 13.6. The molecule has 0 unspecified atom stereocenters. The number of carboxylic acids is 1. The molecule has 0 aliphatic carbocycles. The Morgan fingerprint density at radius 3 is 2.74 bits per heavy atom. The highest BCUT2D eigenvalue weighted by Gasteiger charge is 2.55. The number of amides is 1. The van der Waals surface area contributed by atoms with Crippen molar-refractivity contribution < 1.29 is 23.8 Å². The fraction of sp³-hybridized carbons (Fsp3) is 0.647. The number of hydrogen-bond donors (Lipinski definition) is 1. The summed E-state index contributed by atoms with van der Waals surface area (Å²) in [6.45, 7) is 5.50. The molecule has 2 fully saturated rings. The molecular formula is C17H23NO5. The Morgan fingerprint density at radius 1 is 1.39 bits per heavy atom. The summed E-state index contributed by atoms with van der Waals surface area (Å²) in [6, 6.07) is 1.80. The van der Waals surface area contributed by atoms with E-state index in [1.165, 1.54) is 0 Å². The van der Waals surface area contributed by atoms with Crippen LogP contribution in [0.1, 0.15) is 42.1 Å². The van der Waals surface area contributed by atoms with Crippen LogP contribution in [0.4, 0.5) is 0 Å². The van der Waals surface area contributed by atoms with E-state index in [4.69, 9.17) is 9.15 Å². The predicted molar refractivity (Wildman–Crippen MR) is 82.4 cm³/mol. The van der Waals surface area contributed by atoms with Crippen LogP contribution >= 0.6 is 0 Å². The lowest BCUT2D eigenvalue weighted by Crippen LogP contribution is -2.45. The van der Waals surface area contributed by atoms with Crippen molar-refractivity contribution in [2.24, 2.45) is 11.3 Å². The predicted octanol–water partition coefficient (Wildman–Crippen LogP) is 1.97. The normalized spacial score (nSPS) is 27.0. The number of hydrogen-bond acceptors (Lipinski definition) is 4. The first-order valence-corrected chi connectivity index (χ1v) is 8.23. The van der Waals surface area contributed by atoms with Gasteiger partial charge >= 0.3 is 5.97 Å². The summed E-state index contributed by atoms with van der Waals surface area (Å²) in [7, 11) is 0. The molecule has 1 N–H and O–H groups in total. The third-order valence-corrected chi connectivity index (χ3v) is 5.23. The van der Waals surface area contributed by atoms with Gasteiger partial charge in [0.25, 0.3) is 5.91 Å². The number of rotatable bonds is 4. The number of aryl methyl sites for hydroxylation is 2. The van der Waals surface area contributed by atoms with Gasteiger partial charge in [0.05, 0.1) is 12.0 Å². The Kier molecular flexibility index (Phi) is 4.19. The van der Waals surface area contributed by atoms with E-state index in [9.17, 15) is 14.7 Å². The van der Waals surface area contributed by atoms with Gasteiger partial charge in [-0.3, -0.25) is 9.59 Å². The second kappa shape index (κ2) is 6.00. The highest BCUT2D eigenvalue weighted by Crippen LogP contribution is 2.43. The van der Waals surface area contributed by atoms with Crippen LogP contribution in [-0.2, 0) is 22.4 Å². The van der Waals surface area contributed by atoms with E-state index >= 15 is 0 Å². The summed E-state index contributed by atoms with van der Waals surface area (Å²) in [6.07, 6.45) is 2.01. The molecule has 1 aromatic heterocycles. The maximum Gasteiger partial charge on any atom is 0.311 e. The van der Waals surface area contributed by atoms with E-state index in [0.29, 0.717) is 31.9 Å². The average Bonchev–Trinajstić information content (AvgIpc) is 3.15. The number of likely N-dealkylation sites (tertiary alicyclic amines) is 1. The number of nitrogens with zero attached hydrogens (tertiary/aromatic N) is 1. The Hall–Kier alpha value is -1.82. The molecule has 1 amide bonds. The third kappa shape index (κ3) is 2.55. The van der Waals surface area contributed by atoms with Crippen LogP contribution in [0, 0.1) is 11.3 Å². The first-order chi connectivity index (χ1) is 11.0. The Morgan fingerprint density at radius 2 is 2.17 bits per heavy atom. The second-order valence-corrected chi connectivity index (χ2v) is 6.43. The van der Waals surface area contributed by atoms with Gasteiger partial charge in [0.1, 0.15) is 5.76 Å². The molecule has 2 aliphatic rings. The molecule has 6 nitrogen and oxygen atoms in total. The van der Waals surface area contributed by atoms with E-state index < -0.39 is 11.4 Å². The van der Waals surface area contributed by atoms with E-state index in [-0.39, 0.29) is 18.4 Å². The molecule has 3 rings (SSSR count). The van der Waals surface area contributed by atoms with Gasteiger partial charge < -0.3 is 19.2 Å².